The van der Waals surface area contributed by atoms with E-state index in [4.69, 9.17) is 0 Å². The van der Waals surface area contributed by atoms with Crippen molar-refractivity contribution in [2.75, 3.05) is 18.4 Å². The van der Waals surface area contributed by atoms with Gasteiger partial charge in [0, 0.05) is 19.3 Å². The number of carbonyl (C=O) groups is 1. The van der Waals surface area contributed by atoms with Gasteiger partial charge in [-0.2, -0.15) is 0 Å². The Balaban J connectivity index is 1.96. The molecule has 98 valence electrons. The van der Waals surface area contributed by atoms with Gasteiger partial charge in [0.05, 0.1) is 6.04 Å². The average Bonchev–Trinajstić information content (AvgIpc) is 2.88. The summed E-state index contributed by atoms with van der Waals surface area (Å²) >= 11 is 0. The molecule has 0 aliphatic carbocycles. The summed E-state index contributed by atoms with van der Waals surface area (Å²) in [7, 11) is 0. The van der Waals surface area contributed by atoms with Crippen LogP contribution in [0.4, 0.5) is 5.82 Å². The molecule has 1 saturated heterocycles. The number of anilines is 1. The molecule has 1 atom stereocenters. The largest absolute Gasteiger partial charge is 0.370 e. The molecule has 0 radical (unpaired) electrons. The number of hydrogen-bond donors (Lipinski definition) is 1. The molecular formula is C14H21N3O. The van der Waals surface area contributed by atoms with Gasteiger partial charge in [0.2, 0.25) is 6.41 Å². The molecule has 1 fully saturated rings. The number of carbonyl (C=O) groups excluding carboxylic acids is 1. The van der Waals surface area contributed by atoms with E-state index in [0.29, 0.717) is 0 Å². The van der Waals surface area contributed by atoms with E-state index in [1.54, 1.807) is 0 Å². The Morgan fingerprint density at radius 1 is 1.56 bits per heavy atom. The Morgan fingerprint density at radius 3 is 3.11 bits per heavy atom. The van der Waals surface area contributed by atoms with Gasteiger partial charge in [-0.1, -0.05) is 19.4 Å². The van der Waals surface area contributed by atoms with Crippen LogP contribution in [0.2, 0.25) is 0 Å². The van der Waals surface area contributed by atoms with Crippen LogP contribution in [-0.4, -0.2) is 29.4 Å². The van der Waals surface area contributed by atoms with Crippen LogP contribution in [-0.2, 0) is 4.79 Å². The predicted molar refractivity (Wildman–Crippen MR) is 72.4 cm³/mol. The molecule has 4 nitrogen and oxygen atoms in total. The lowest BCUT2D eigenvalue weighted by atomic mass is 10.1. The third-order valence-electron chi connectivity index (χ3n) is 3.44. The molecule has 1 aliphatic heterocycles. The average molecular weight is 247 g/mol. The summed E-state index contributed by atoms with van der Waals surface area (Å²) in [6.07, 6.45) is 7.31. The zero-order valence-corrected chi connectivity index (χ0v) is 10.9. The van der Waals surface area contributed by atoms with E-state index < -0.39 is 0 Å². The van der Waals surface area contributed by atoms with Gasteiger partial charge >= 0.3 is 0 Å². The number of pyridine rings is 1. The topological polar surface area (TPSA) is 45.2 Å². The molecule has 1 aromatic heterocycles. The maximum Gasteiger partial charge on any atom is 0.210 e. The number of amides is 1. The van der Waals surface area contributed by atoms with E-state index in [9.17, 15) is 4.79 Å². The van der Waals surface area contributed by atoms with Crippen molar-refractivity contribution in [3.8, 4) is 0 Å². The van der Waals surface area contributed by atoms with Crippen molar-refractivity contribution in [1.82, 2.24) is 9.88 Å². The van der Waals surface area contributed by atoms with Crippen LogP contribution in [0, 0.1) is 0 Å². The van der Waals surface area contributed by atoms with Gasteiger partial charge in [-0.15, -0.1) is 0 Å². The van der Waals surface area contributed by atoms with Crippen LogP contribution in [0.3, 0.4) is 0 Å². The SMILES string of the molecule is CCCCNc1ccc([C@@H]2CCCN2C=O)cn1. The third kappa shape index (κ3) is 3.00. The highest BCUT2D eigenvalue weighted by Crippen LogP contribution is 2.30. The van der Waals surface area contributed by atoms with Crippen LogP contribution in [0.15, 0.2) is 18.3 Å². The summed E-state index contributed by atoms with van der Waals surface area (Å²) in [6.45, 7) is 4.00. The third-order valence-corrected chi connectivity index (χ3v) is 3.44. The van der Waals surface area contributed by atoms with Crippen LogP contribution >= 0.6 is 0 Å². The van der Waals surface area contributed by atoms with Gasteiger partial charge in [-0.25, -0.2) is 4.98 Å². The lowest BCUT2D eigenvalue weighted by Gasteiger charge is -2.20. The second-order valence-electron chi connectivity index (χ2n) is 4.76. The Labute approximate surface area is 108 Å². The van der Waals surface area contributed by atoms with E-state index >= 15 is 0 Å². The number of likely N-dealkylation sites (tertiary alicyclic amines) is 1. The number of nitrogens with zero attached hydrogens (tertiary/aromatic N) is 2. The Bertz CT molecular complexity index is 377. The number of rotatable bonds is 6. The van der Waals surface area contributed by atoms with E-state index in [1.807, 2.05) is 17.2 Å². The molecule has 1 aliphatic rings. The smallest absolute Gasteiger partial charge is 0.210 e. The minimum atomic E-state index is 0.222. The monoisotopic (exact) mass is 247 g/mol. The lowest BCUT2D eigenvalue weighted by molar-refractivity contribution is -0.118. The summed E-state index contributed by atoms with van der Waals surface area (Å²) in [5, 5.41) is 3.29. The van der Waals surface area contributed by atoms with Crippen molar-refractivity contribution in [3.05, 3.63) is 23.9 Å². The van der Waals surface area contributed by atoms with Gasteiger partial charge in [-0.05, 0) is 30.9 Å². The van der Waals surface area contributed by atoms with E-state index in [0.717, 1.165) is 50.1 Å². The number of aromatic nitrogens is 1. The van der Waals surface area contributed by atoms with Gasteiger partial charge in [0.1, 0.15) is 5.82 Å². The molecule has 0 spiro atoms. The van der Waals surface area contributed by atoms with Crippen LogP contribution in [0.25, 0.3) is 0 Å². The summed E-state index contributed by atoms with van der Waals surface area (Å²) in [5.41, 5.74) is 1.14. The summed E-state index contributed by atoms with van der Waals surface area (Å²) in [6, 6.07) is 4.31. The molecule has 18 heavy (non-hydrogen) atoms. The van der Waals surface area contributed by atoms with Crippen LogP contribution < -0.4 is 5.32 Å². The van der Waals surface area contributed by atoms with Crippen molar-refractivity contribution in [2.24, 2.45) is 0 Å². The first-order valence-corrected chi connectivity index (χ1v) is 6.76. The number of nitrogens with one attached hydrogen (secondary N) is 1. The summed E-state index contributed by atoms with van der Waals surface area (Å²) in [4.78, 5) is 17.2. The zero-order chi connectivity index (χ0) is 12.8. The molecule has 2 heterocycles. The number of unbranched alkanes of at least 4 members (excludes halogenated alkanes) is 1. The summed E-state index contributed by atoms with van der Waals surface area (Å²) < 4.78 is 0. The first-order valence-electron chi connectivity index (χ1n) is 6.76. The Morgan fingerprint density at radius 2 is 2.44 bits per heavy atom. The molecule has 0 bridgehead atoms. The fraction of sp³-hybridized carbons (Fsp3) is 0.571. The maximum absolute atomic E-state index is 10.9. The van der Waals surface area contributed by atoms with E-state index in [1.165, 1.54) is 6.42 Å². The van der Waals surface area contributed by atoms with Crippen LogP contribution in [0.5, 0.6) is 0 Å². The van der Waals surface area contributed by atoms with Crippen molar-refractivity contribution in [1.29, 1.82) is 0 Å². The minimum Gasteiger partial charge on any atom is -0.370 e. The van der Waals surface area contributed by atoms with Crippen molar-refractivity contribution in [2.45, 2.75) is 38.6 Å². The quantitative estimate of drug-likeness (QED) is 0.621. The van der Waals surface area contributed by atoms with Crippen molar-refractivity contribution >= 4 is 12.2 Å². The molecule has 1 amide bonds. The molecule has 0 aromatic carbocycles. The highest BCUT2D eigenvalue weighted by atomic mass is 16.1. The van der Waals surface area contributed by atoms with Gasteiger partial charge in [-0.3, -0.25) is 4.79 Å². The second kappa shape index (κ2) is 6.38. The van der Waals surface area contributed by atoms with Gasteiger partial charge in [0.15, 0.2) is 0 Å². The molecule has 0 unspecified atom stereocenters. The molecule has 0 saturated carbocycles. The predicted octanol–water partition coefficient (Wildman–Crippen LogP) is 2.59. The summed E-state index contributed by atoms with van der Waals surface area (Å²) in [5.74, 6) is 0.919. The zero-order valence-electron chi connectivity index (χ0n) is 10.9. The minimum absolute atomic E-state index is 0.222. The molecule has 1 aromatic rings. The second-order valence-corrected chi connectivity index (χ2v) is 4.76. The lowest BCUT2D eigenvalue weighted by Crippen LogP contribution is -2.21. The van der Waals surface area contributed by atoms with Gasteiger partial charge in [0.25, 0.3) is 0 Å². The normalized spacial score (nSPS) is 18.9. The Hall–Kier alpha value is -1.58. The first-order chi connectivity index (χ1) is 8.85. The molecule has 1 N–H and O–H groups in total. The highest BCUT2D eigenvalue weighted by Gasteiger charge is 2.24. The number of hydrogen-bond acceptors (Lipinski definition) is 3. The van der Waals surface area contributed by atoms with Crippen LogP contribution in [0.1, 0.15) is 44.2 Å². The maximum atomic E-state index is 10.9. The highest BCUT2D eigenvalue weighted by molar-refractivity contribution is 5.49. The van der Waals surface area contributed by atoms with E-state index in [-0.39, 0.29) is 6.04 Å². The fourth-order valence-electron chi connectivity index (χ4n) is 2.37. The van der Waals surface area contributed by atoms with E-state index in [2.05, 4.69) is 23.3 Å². The van der Waals surface area contributed by atoms with Crippen molar-refractivity contribution < 1.29 is 4.79 Å². The standard InChI is InChI=1S/C14H21N3O/c1-2-3-8-15-14-7-6-12(10-16-14)13-5-4-9-17(13)11-18/h6-7,10-11,13H,2-5,8-9H2,1H3,(H,15,16)/t13-/m0/s1. The first kappa shape index (κ1) is 12.9. The molecule has 4 heteroatoms. The fourth-order valence-corrected chi connectivity index (χ4v) is 2.37. The Kier molecular flexibility index (Phi) is 4.56. The molecular weight excluding hydrogens is 226 g/mol. The van der Waals surface area contributed by atoms with Crippen molar-refractivity contribution in [3.63, 3.8) is 0 Å². The van der Waals surface area contributed by atoms with Gasteiger partial charge < -0.3 is 10.2 Å². The molecule has 2 rings (SSSR count).